The number of aryl methyl sites for hydroxylation is 1. The van der Waals surface area contributed by atoms with Gasteiger partial charge in [-0.1, -0.05) is 55.9 Å². The summed E-state index contributed by atoms with van der Waals surface area (Å²) in [6.07, 6.45) is 10.6. The van der Waals surface area contributed by atoms with Crippen molar-refractivity contribution in [1.29, 1.82) is 0 Å². The average Bonchev–Trinajstić information content (AvgIpc) is 2.48. The lowest BCUT2D eigenvalue weighted by atomic mass is 10.1. The van der Waals surface area contributed by atoms with Gasteiger partial charge in [-0.2, -0.15) is 8.42 Å². The number of rotatable bonds is 12. The molecule has 0 aliphatic carbocycles. The van der Waals surface area contributed by atoms with E-state index in [1.54, 1.807) is 12.1 Å². The molecule has 22 heavy (non-hydrogen) atoms. The molecule has 1 aromatic rings. The molecule has 124 valence electrons. The Morgan fingerprint density at radius 3 is 2.09 bits per heavy atom. The molecule has 0 saturated heterocycles. The van der Waals surface area contributed by atoms with Crippen molar-refractivity contribution in [2.75, 3.05) is 5.75 Å². The highest BCUT2D eigenvalue weighted by Crippen LogP contribution is 2.15. The number of hydrogen-bond donors (Lipinski definition) is 0. The molecule has 0 fully saturated rings. The number of allylic oxidation sites excluding steroid dienone is 1. The number of unbranched alkanes of at least 4 members (excludes halogenated alkanes) is 7. The van der Waals surface area contributed by atoms with Crippen molar-refractivity contribution < 1.29 is 12.6 Å². The minimum atomic E-state index is -3.46. The SMILES string of the molecule is C=CCCCCCCCCCS(=O)(=O)Oc1ccc(C)cc1. The van der Waals surface area contributed by atoms with E-state index >= 15 is 0 Å². The molecule has 0 amide bonds. The van der Waals surface area contributed by atoms with Gasteiger partial charge in [-0.25, -0.2) is 0 Å². The summed E-state index contributed by atoms with van der Waals surface area (Å²) in [5.74, 6) is 0.491. The maximum Gasteiger partial charge on any atom is 0.309 e. The predicted octanol–water partition coefficient (Wildman–Crippen LogP) is 5.01. The first-order valence-corrected chi connectivity index (χ1v) is 9.71. The Bertz CT molecular complexity index is 518. The molecule has 0 spiro atoms. The van der Waals surface area contributed by atoms with Gasteiger partial charge in [0.05, 0.1) is 5.75 Å². The first-order chi connectivity index (χ1) is 10.5. The summed E-state index contributed by atoms with van der Waals surface area (Å²) in [4.78, 5) is 0. The van der Waals surface area contributed by atoms with Gasteiger partial charge < -0.3 is 4.18 Å². The molecule has 0 aromatic heterocycles. The highest BCUT2D eigenvalue weighted by molar-refractivity contribution is 7.87. The quantitative estimate of drug-likeness (QED) is 0.308. The Balaban J connectivity index is 2.12. The molecule has 1 rings (SSSR count). The van der Waals surface area contributed by atoms with Crippen LogP contribution in [0.3, 0.4) is 0 Å². The molecule has 0 aliphatic rings. The van der Waals surface area contributed by atoms with Crippen molar-refractivity contribution in [3.63, 3.8) is 0 Å². The summed E-state index contributed by atoms with van der Waals surface area (Å²) in [5, 5.41) is 0. The zero-order chi connectivity index (χ0) is 16.3. The van der Waals surface area contributed by atoms with Gasteiger partial charge in [0.2, 0.25) is 0 Å². The molecule has 0 unspecified atom stereocenters. The highest BCUT2D eigenvalue weighted by atomic mass is 32.2. The second kappa shape index (κ2) is 10.4. The van der Waals surface area contributed by atoms with Crippen LogP contribution in [0, 0.1) is 6.92 Å². The third-order valence-electron chi connectivity index (χ3n) is 3.55. The van der Waals surface area contributed by atoms with E-state index in [-0.39, 0.29) is 5.75 Å². The molecule has 0 atom stereocenters. The van der Waals surface area contributed by atoms with Crippen molar-refractivity contribution in [1.82, 2.24) is 0 Å². The van der Waals surface area contributed by atoms with Crippen LogP contribution in [0.15, 0.2) is 36.9 Å². The smallest absolute Gasteiger partial charge is 0.309 e. The van der Waals surface area contributed by atoms with Crippen molar-refractivity contribution in [3.05, 3.63) is 42.5 Å². The molecule has 0 saturated carbocycles. The van der Waals surface area contributed by atoms with Crippen molar-refractivity contribution in [2.24, 2.45) is 0 Å². The predicted molar refractivity (Wildman–Crippen MR) is 92.7 cm³/mol. The van der Waals surface area contributed by atoms with E-state index in [0.29, 0.717) is 12.2 Å². The van der Waals surface area contributed by atoms with Crippen molar-refractivity contribution in [3.8, 4) is 5.75 Å². The van der Waals surface area contributed by atoms with E-state index < -0.39 is 10.1 Å². The van der Waals surface area contributed by atoms with Crippen LogP contribution in [0.4, 0.5) is 0 Å². The van der Waals surface area contributed by atoms with Crippen molar-refractivity contribution >= 4 is 10.1 Å². The fraction of sp³-hybridized carbons (Fsp3) is 0.556. The molecule has 1 aromatic carbocycles. The second-order valence-corrected chi connectivity index (χ2v) is 7.40. The van der Waals surface area contributed by atoms with Crippen LogP contribution in [-0.2, 0) is 10.1 Å². The Kier molecular flexibility index (Phi) is 8.90. The Hall–Kier alpha value is -1.29. The number of hydrogen-bond acceptors (Lipinski definition) is 3. The second-order valence-electron chi connectivity index (χ2n) is 5.71. The lowest BCUT2D eigenvalue weighted by molar-refractivity contribution is 0.481. The van der Waals surface area contributed by atoms with Crippen LogP contribution in [0.2, 0.25) is 0 Å². The van der Waals surface area contributed by atoms with Gasteiger partial charge in [0, 0.05) is 0 Å². The van der Waals surface area contributed by atoms with Gasteiger partial charge in [-0.3, -0.25) is 0 Å². The van der Waals surface area contributed by atoms with Crippen LogP contribution in [0.1, 0.15) is 56.9 Å². The third kappa shape index (κ3) is 8.88. The average molecular weight is 324 g/mol. The third-order valence-corrected chi connectivity index (χ3v) is 4.78. The maximum atomic E-state index is 11.9. The van der Waals surface area contributed by atoms with Gasteiger partial charge in [-0.05, 0) is 38.3 Å². The van der Waals surface area contributed by atoms with Crippen molar-refractivity contribution in [2.45, 2.75) is 58.3 Å². The first-order valence-electron chi connectivity index (χ1n) is 8.13. The van der Waals surface area contributed by atoms with E-state index in [1.807, 2.05) is 25.1 Å². The van der Waals surface area contributed by atoms with E-state index in [9.17, 15) is 8.42 Å². The molecular formula is C18H28O3S. The largest absolute Gasteiger partial charge is 0.382 e. The summed E-state index contributed by atoms with van der Waals surface area (Å²) >= 11 is 0. The first kappa shape index (κ1) is 18.8. The molecule has 0 radical (unpaired) electrons. The van der Waals surface area contributed by atoms with Gasteiger partial charge in [0.25, 0.3) is 0 Å². The Morgan fingerprint density at radius 2 is 1.50 bits per heavy atom. The maximum absolute atomic E-state index is 11.9. The normalized spacial score (nSPS) is 11.3. The van der Waals surface area contributed by atoms with Crippen LogP contribution in [0.25, 0.3) is 0 Å². The summed E-state index contributed by atoms with van der Waals surface area (Å²) in [5.41, 5.74) is 1.08. The zero-order valence-electron chi connectivity index (χ0n) is 13.6. The van der Waals surface area contributed by atoms with E-state index in [4.69, 9.17) is 4.18 Å². The fourth-order valence-corrected chi connectivity index (χ4v) is 3.28. The van der Waals surface area contributed by atoms with Crippen LogP contribution in [0.5, 0.6) is 5.75 Å². The molecule has 0 bridgehead atoms. The van der Waals surface area contributed by atoms with E-state index in [1.165, 1.54) is 25.7 Å². The summed E-state index contributed by atoms with van der Waals surface area (Å²) < 4.78 is 28.8. The monoisotopic (exact) mass is 324 g/mol. The fourth-order valence-electron chi connectivity index (χ4n) is 2.23. The molecular weight excluding hydrogens is 296 g/mol. The van der Waals surface area contributed by atoms with Gasteiger partial charge in [0.15, 0.2) is 0 Å². The van der Waals surface area contributed by atoms with Gasteiger partial charge in [-0.15, -0.1) is 6.58 Å². The highest BCUT2D eigenvalue weighted by Gasteiger charge is 2.12. The minimum Gasteiger partial charge on any atom is -0.382 e. The zero-order valence-corrected chi connectivity index (χ0v) is 14.4. The Labute approximate surface area is 135 Å². The van der Waals surface area contributed by atoms with E-state index in [2.05, 4.69) is 6.58 Å². The topological polar surface area (TPSA) is 43.4 Å². The Morgan fingerprint density at radius 1 is 0.955 bits per heavy atom. The lowest BCUT2D eigenvalue weighted by Crippen LogP contribution is -2.13. The molecule has 0 heterocycles. The number of benzene rings is 1. The van der Waals surface area contributed by atoms with E-state index in [0.717, 1.165) is 24.8 Å². The summed E-state index contributed by atoms with van der Waals surface area (Å²) in [6.45, 7) is 5.66. The molecule has 4 heteroatoms. The van der Waals surface area contributed by atoms with Crippen LogP contribution < -0.4 is 4.18 Å². The molecule has 0 N–H and O–H groups in total. The lowest BCUT2D eigenvalue weighted by Gasteiger charge is -2.07. The molecule has 0 aliphatic heterocycles. The summed E-state index contributed by atoms with van der Waals surface area (Å²) in [6, 6.07) is 7.07. The summed E-state index contributed by atoms with van der Waals surface area (Å²) in [7, 11) is -3.46. The van der Waals surface area contributed by atoms with Gasteiger partial charge in [0.1, 0.15) is 5.75 Å². The van der Waals surface area contributed by atoms with Gasteiger partial charge >= 0.3 is 10.1 Å². The van der Waals surface area contributed by atoms with Crippen LogP contribution >= 0.6 is 0 Å². The standard InChI is InChI=1S/C18H28O3S/c1-3-4-5-6-7-8-9-10-11-16-22(19,20)21-18-14-12-17(2)13-15-18/h3,12-15H,1,4-11,16H2,2H3. The minimum absolute atomic E-state index is 0.0946. The van der Waals surface area contributed by atoms with Crippen LogP contribution in [-0.4, -0.2) is 14.2 Å². The molecule has 3 nitrogen and oxygen atoms in total.